The minimum absolute atomic E-state index is 0. The Balaban J connectivity index is 0. The first-order valence-electron chi connectivity index (χ1n) is 0.644. The second-order valence-corrected chi connectivity index (χ2v) is 7.79. The molecule has 0 N–H and O–H groups in total. The second-order valence-electron chi connectivity index (χ2n) is 0.167. The van der Waals surface area contributed by atoms with Crippen molar-refractivity contribution in [3.05, 3.63) is 0 Å². The van der Waals surface area contributed by atoms with E-state index in [2.05, 4.69) is 11.6 Å². The molecule has 4 heteroatoms. The first kappa shape index (κ1) is 9.01. The third-order valence-corrected chi connectivity index (χ3v) is 0. The topological polar surface area (TPSA) is 0 Å². The molecular weight excluding hydrogens is 165 g/mol. The van der Waals surface area contributed by atoms with E-state index in [1.54, 1.807) is 0 Å². The minimum Gasteiger partial charge on any atom is -0.813 e. The van der Waals surface area contributed by atoms with Crippen LogP contribution in [0.1, 0.15) is 0 Å². The Hall–Kier alpha value is 1.33. The number of hydrogen-bond acceptors (Lipinski definition) is 2. The molecule has 0 aromatic rings. The molecule has 0 heterocycles. The molecule has 0 unspecified atom stereocenters. The van der Waals surface area contributed by atoms with Crippen molar-refractivity contribution in [2.75, 3.05) is 0 Å². The first-order valence-corrected chi connectivity index (χ1v) is 8.49. The van der Waals surface area contributed by atoms with Gasteiger partial charge in [-0.3, -0.25) is 0 Å². The zero-order chi connectivity index (χ0) is 2.71. The Morgan fingerprint density at radius 3 is 1.75 bits per heavy atom. The van der Waals surface area contributed by atoms with Gasteiger partial charge < -0.3 is 13.5 Å². The van der Waals surface area contributed by atoms with Crippen molar-refractivity contribution in [2.45, 2.75) is 0 Å². The summed E-state index contributed by atoms with van der Waals surface area (Å²) in [5.74, 6) is 0. The molecule has 0 saturated heterocycles. The molecule has 0 rings (SSSR count). The molecule has 0 fully saturated rings. The summed E-state index contributed by atoms with van der Waals surface area (Å²) in [6.07, 6.45) is 0. The maximum Gasteiger partial charge on any atom is -0.813 e. The molecule has 0 aromatic carbocycles. The predicted octanol–water partition coefficient (Wildman–Crippen LogP) is -1.19. The fourth-order valence-corrected chi connectivity index (χ4v) is 0. The van der Waals surface area contributed by atoms with E-state index in [4.69, 9.17) is 0 Å². The molecule has 0 saturated carbocycles. The summed E-state index contributed by atoms with van der Waals surface area (Å²) >= 11 is 5.88. The van der Waals surface area contributed by atoms with Crippen molar-refractivity contribution >= 4 is 47.7 Å². The molecule has 0 aliphatic rings. The summed E-state index contributed by atoms with van der Waals surface area (Å²) in [7, 11) is 0. The fraction of sp³-hybridized carbons (Fsp3) is 0. The molecule has 0 spiro atoms. The smallest absolute Gasteiger partial charge is 0.813 e. The molecule has 24 valence electrons. The molecular formula is H4GeS2Si. The van der Waals surface area contributed by atoms with Crippen LogP contribution in [0.5, 0.6) is 0 Å². The third-order valence-electron chi connectivity index (χ3n) is 0. The normalized spacial score (nSPS) is 3.00. The molecule has 0 aromatic heterocycles. The van der Waals surface area contributed by atoms with Gasteiger partial charge in [0.25, 0.3) is 0 Å². The Morgan fingerprint density at radius 2 is 1.75 bits per heavy atom. The summed E-state index contributed by atoms with van der Waals surface area (Å²) in [4.78, 5) is 0. The SMILES string of the molecule is S=[SiH][GeH2+].[SH-]. The van der Waals surface area contributed by atoms with E-state index in [-0.39, 0.29) is 13.5 Å². The molecule has 0 nitrogen and oxygen atoms in total. The van der Waals surface area contributed by atoms with Gasteiger partial charge in [-0.15, -0.1) is 0 Å². The van der Waals surface area contributed by atoms with Gasteiger partial charge in [0.05, 0.1) is 0 Å². The third kappa shape index (κ3) is 10.2. The quantitative estimate of drug-likeness (QED) is 0.254. The Kier molecular flexibility index (Phi) is 19.9. The van der Waals surface area contributed by atoms with E-state index >= 15 is 0 Å². The Morgan fingerprint density at radius 1 is 1.75 bits per heavy atom. The van der Waals surface area contributed by atoms with Crippen molar-refractivity contribution < 1.29 is 0 Å². The van der Waals surface area contributed by atoms with Gasteiger partial charge in [0.2, 0.25) is 0 Å². The van der Waals surface area contributed by atoms with Crippen LogP contribution in [0.3, 0.4) is 0 Å². The van der Waals surface area contributed by atoms with Crippen molar-refractivity contribution in [1.82, 2.24) is 0 Å². The van der Waals surface area contributed by atoms with Crippen LogP contribution in [0.25, 0.3) is 0 Å². The zero-order valence-electron chi connectivity index (χ0n) is 2.14. The maximum atomic E-state index is 4.53. The van der Waals surface area contributed by atoms with Crippen LogP contribution in [-0.2, 0) is 13.5 Å². The van der Waals surface area contributed by atoms with E-state index in [1.165, 1.54) is 15.9 Å². The molecule has 0 aliphatic carbocycles. The van der Waals surface area contributed by atoms with Gasteiger partial charge >= 0.3 is 34.2 Å². The van der Waals surface area contributed by atoms with Gasteiger partial charge in [0, 0.05) is 0 Å². The number of hydrogen-bond donors (Lipinski definition) is 0. The Labute approximate surface area is 47.8 Å². The van der Waals surface area contributed by atoms with Crippen molar-refractivity contribution in [3.8, 4) is 0 Å². The van der Waals surface area contributed by atoms with Crippen LogP contribution in [0.2, 0.25) is 0 Å². The minimum atomic E-state index is 0. The van der Waals surface area contributed by atoms with Crippen LogP contribution in [0, 0.1) is 0 Å². The summed E-state index contributed by atoms with van der Waals surface area (Å²) in [5.41, 5.74) is 0. The van der Waals surface area contributed by atoms with E-state index in [9.17, 15) is 0 Å². The van der Waals surface area contributed by atoms with Crippen LogP contribution >= 0.6 is 11.6 Å². The molecule has 0 amide bonds. The molecule has 4 heavy (non-hydrogen) atoms. The maximum absolute atomic E-state index is 4.53. The van der Waals surface area contributed by atoms with Crippen LogP contribution in [0.15, 0.2) is 0 Å². The van der Waals surface area contributed by atoms with Crippen molar-refractivity contribution in [1.29, 1.82) is 0 Å². The number of rotatable bonds is 0. The van der Waals surface area contributed by atoms with Gasteiger partial charge in [-0.05, 0) is 0 Å². The van der Waals surface area contributed by atoms with Gasteiger partial charge in [0.1, 0.15) is 0 Å². The molecule has 0 radical (unpaired) electrons. The zero-order valence-corrected chi connectivity index (χ0v) is 7.97. The van der Waals surface area contributed by atoms with Gasteiger partial charge in [-0.2, -0.15) is 0 Å². The second kappa shape index (κ2) is 8.84. The van der Waals surface area contributed by atoms with E-state index in [0.717, 1.165) is 0 Å². The van der Waals surface area contributed by atoms with E-state index < -0.39 is 0 Å². The summed E-state index contributed by atoms with van der Waals surface area (Å²) < 4.78 is 0. The van der Waals surface area contributed by atoms with E-state index in [0.29, 0.717) is 6.75 Å². The summed E-state index contributed by atoms with van der Waals surface area (Å²) in [6, 6.07) is 0. The molecule has 0 atom stereocenters. The average Bonchev–Trinajstić information content (AvgIpc) is 0.918. The first-order chi connectivity index (χ1) is 1.41. The summed E-state index contributed by atoms with van der Waals surface area (Å²) in [5, 5.41) is 0. The fourth-order valence-electron chi connectivity index (χ4n) is 0. The van der Waals surface area contributed by atoms with Crippen LogP contribution in [0.4, 0.5) is 0 Å². The molecule has 0 bridgehead atoms. The van der Waals surface area contributed by atoms with E-state index in [1.807, 2.05) is 0 Å². The number of thiol groups is 1. The monoisotopic (exact) mass is 170 g/mol. The standard InChI is InChI=1S/GeH3SSi.H2S/c1-3-2;/h3H,1H2;1H2/q+1;/p-1. The largest absolute Gasteiger partial charge is 0.813 e. The molecule has 0 aliphatic heterocycles. The van der Waals surface area contributed by atoms with Gasteiger partial charge in [-0.25, -0.2) is 0 Å². The van der Waals surface area contributed by atoms with Crippen LogP contribution in [-0.4, -0.2) is 22.6 Å². The average molecular weight is 169 g/mol. The summed E-state index contributed by atoms with van der Waals surface area (Å²) in [6.45, 7) is 0.458. The van der Waals surface area contributed by atoms with Crippen molar-refractivity contribution in [3.63, 3.8) is 0 Å². The van der Waals surface area contributed by atoms with Gasteiger partial charge in [-0.1, -0.05) is 0 Å². The Bertz CT molecular complexity index is 13.5. The van der Waals surface area contributed by atoms with Crippen molar-refractivity contribution in [2.24, 2.45) is 0 Å². The van der Waals surface area contributed by atoms with Gasteiger partial charge in [0.15, 0.2) is 0 Å². The van der Waals surface area contributed by atoms with Crippen LogP contribution < -0.4 is 0 Å². The predicted molar refractivity (Wildman–Crippen MR) is 32.0 cm³/mol.